The molecule has 0 bridgehead atoms. The van der Waals surface area contributed by atoms with Crippen LogP contribution in [0.25, 0.3) is 0 Å². The number of nitrogens with one attached hydrogen (secondary N) is 1. The lowest BCUT2D eigenvalue weighted by atomic mass is 10.0. The molecule has 1 aromatic heterocycles. The summed E-state index contributed by atoms with van der Waals surface area (Å²) in [7, 11) is 0. The normalized spacial score (nSPS) is 11.9. The first-order valence-corrected chi connectivity index (χ1v) is 9.03. The molecule has 2 aromatic rings. The van der Waals surface area contributed by atoms with E-state index in [1.807, 2.05) is 12.3 Å². The summed E-state index contributed by atoms with van der Waals surface area (Å²) in [5.41, 5.74) is 1.61. The molecule has 2 N–H and O–H groups in total. The van der Waals surface area contributed by atoms with E-state index in [1.54, 1.807) is 12.1 Å². The fraction of sp³-hybridized carbons (Fsp3) is 0.389. The highest BCUT2D eigenvalue weighted by molar-refractivity contribution is 7.09. The molecular formula is C18H21FN2O3S. The zero-order chi connectivity index (χ0) is 18.2. The van der Waals surface area contributed by atoms with Crippen molar-refractivity contribution in [1.82, 2.24) is 10.3 Å². The average molecular weight is 364 g/mol. The van der Waals surface area contributed by atoms with Gasteiger partial charge in [0.15, 0.2) is 0 Å². The summed E-state index contributed by atoms with van der Waals surface area (Å²) >= 11 is 1.45. The van der Waals surface area contributed by atoms with Crippen LogP contribution in [0, 0.1) is 11.7 Å². The molecule has 7 heteroatoms. The zero-order valence-corrected chi connectivity index (χ0v) is 14.8. The van der Waals surface area contributed by atoms with Crippen LogP contribution in [-0.4, -0.2) is 28.5 Å². The highest BCUT2D eigenvalue weighted by Gasteiger charge is 2.17. The maximum Gasteiger partial charge on any atom is 0.308 e. The number of benzene rings is 1. The third kappa shape index (κ3) is 6.26. The van der Waals surface area contributed by atoms with Crippen molar-refractivity contribution in [3.63, 3.8) is 0 Å². The number of halogens is 1. The monoisotopic (exact) mass is 364 g/mol. The van der Waals surface area contributed by atoms with E-state index >= 15 is 0 Å². The molecule has 0 saturated carbocycles. The summed E-state index contributed by atoms with van der Waals surface area (Å²) in [6.45, 7) is 2.05. The number of rotatable bonds is 9. The molecular weight excluding hydrogens is 343 g/mol. The fourth-order valence-electron chi connectivity index (χ4n) is 2.41. The van der Waals surface area contributed by atoms with E-state index in [0.29, 0.717) is 18.5 Å². The molecule has 0 aliphatic heterocycles. The van der Waals surface area contributed by atoms with Crippen molar-refractivity contribution in [3.05, 3.63) is 51.7 Å². The number of aromatic nitrogens is 1. The lowest BCUT2D eigenvalue weighted by Gasteiger charge is -2.11. The van der Waals surface area contributed by atoms with Crippen molar-refractivity contribution in [2.45, 2.75) is 32.6 Å². The molecule has 2 rings (SSSR count). The number of carboxylic acid groups (broad SMARTS) is 1. The van der Waals surface area contributed by atoms with Gasteiger partial charge in [-0.1, -0.05) is 25.5 Å². The Balaban J connectivity index is 1.84. The molecule has 1 heterocycles. The van der Waals surface area contributed by atoms with Gasteiger partial charge < -0.3 is 10.4 Å². The molecule has 0 aliphatic rings. The van der Waals surface area contributed by atoms with Gasteiger partial charge in [-0.3, -0.25) is 9.59 Å². The van der Waals surface area contributed by atoms with Crippen molar-refractivity contribution in [2.24, 2.45) is 5.92 Å². The van der Waals surface area contributed by atoms with Gasteiger partial charge in [-0.05, 0) is 24.1 Å². The first-order chi connectivity index (χ1) is 12.0. The molecule has 0 fully saturated rings. The minimum absolute atomic E-state index is 0.123. The van der Waals surface area contributed by atoms with Gasteiger partial charge >= 0.3 is 5.97 Å². The molecule has 0 saturated heterocycles. The van der Waals surface area contributed by atoms with Crippen LogP contribution >= 0.6 is 11.3 Å². The summed E-state index contributed by atoms with van der Waals surface area (Å²) < 4.78 is 12.9. The first kappa shape index (κ1) is 19.1. The van der Waals surface area contributed by atoms with Gasteiger partial charge in [0.2, 0.25) is 5.91 Å². The summed E-state index contributed by atoms with van der Waals surface area (Å²) in [6.07, 6.45) is 2.00. The van der Waals surface area contributed by atoms with Gasteiger partial charge in [-0.2, -0.15) is 0 Å². The minimum Gasteiger partial charge on any atom is -0.481 e. The molecule has 0 aliphatic carbocycles. The molecule has 1 amide bonds. The summed E-state index contributed by atoms with van der Waals surface area (Å²) in [4.78, 5) is 27.5. The molecule has 1 unspecified atom stereocenters. The van der Waals surface area contributed by atoms with Gasteiger partial charge in [0.25, 0.3) is 0 Å². The number of hydrogen-bond acceptors (Lipinski definition) is 4. The van der Waals surface area contributed by atoms with Crippen molar-refractivity contribution in [2.75, 3.05) is 6.54 Å². The average Bonchev–Trinajstić information content (AvgIpc) is 3.00. The number of carbonyl (C=O) groups excluding carboxylic acids is 1. The molecule has 134 valence electrons. The summed E-state index contributed by atoms with van der Waals surface area (Å²) in [5.74, 6) is -1.96. The lowest BCUT2D eigenvalue weighted by molar-refractivity contribution is -0.141. The quantitative estimate of drug-likeness (QED) is 0.717. The van der Waals surface area contributed by atoms with E-state index in [9.17, 15) is 14.0 Å². The van der Waals surface area contributed by atoms with Crippen molar-refractivity contribution < 1.29 is 19.1 Å². The summed E-state index contributed by atoms with van der Waals surface area (Å²) in [6, 6.07) is 6.24. The standard InChI is InChI=1S/C18H21FN2O3S/c1-2-3-13(18(23)24)10-20-16(22)9-15-11-25-17(21-15)8-12-4-6-14(19)7-5-12/h4-7,11,13H,2-3,8-10H2,1H3,(H,20,22)(H,23,24). The molecule has 25 heavy (non-hydrogen) atoms. The second-order valence-electron chi connectivity index (χ2n) is 5.84. The largest absolute Gasteiger partial charge is 0.481 e. The van der Waals surface area contributed by atoms with E-state index in [2.05, 4.69) is 10.3 Å². The van der Waals surface area contributed by atoms with Gasteiger partial charge in [-0.25, -0.2) is 9.37 Å². The number of aliphatic carboxylic acids is 1. The number of hydrogen-bond donors (Lipinski definition) is 2. The Bertz CT molecular complexity index is 715. The Morgan fingerprint density at radius 1 is 1.32 bits per heavy atom. The Labute approximate surface area is 149 Å². The van der Waals surface area contributed by atoms with E-state index in [0.717, 1.165) is 17.0 Å². The van der Waals surface area contributed by atoms with Crippen LogP contribution < -0.4 is 5.32 Å². The molecule has 5 nitrogen and oxygen atoms in total. The number of carboxylic acids is 1. The molecule has 1 atom stereocenters. The number of nitrogens with zero attached hydrogens (tertiary/aromatic N) is 1. The van der Waals surface area contributed by atoms with Crippen LogP contribution in [0.4, 0.5) is 4.39 Å². The van der Waals surface area contributed by atoms with Crippen molar-refractivity contribution >= 4 is 23.2 Å². The maximum absolute atomic E-state index is 12.9. The highest BCUT2D eigenvalue weighted by Crippen LogP contribution is 2.16. The topological polar surface area (TPSA) is 79.3 Å². The van der Waals surface area contributed by atoms with Crippen LogP contribution in [0.5, 0.6) is 0 Å². The predicted octanol–water partition coefficient (Wildman–Crippen LogP) is 3.03. The second-order valence-corrected chi connectivity index (χ2v) is 6.78. The van der Waals surface area contributed by atoms with Gasteiger partial charge in [0.1, 0.15) is 5.82 Å². The molecule has 0 radical (unpaired) electrons. The second kappa shape index (κ2) is 9.27. The Hall–Kier alpha value is -2.28. The van der Waals surface area contributed by atoms with Crippen LogP contribution in [0.2, 0.25) is 0 Å². The SMILES string of the molecule is CCCC(CNC(=O)Cc1csc(Cc2ccc(F)cc2)n1)C(=O)O. The molecule has 1 aromatic carbocycles. The van der Waals surface area contributed by atoms with Crippen LogP contribution in [0.15, 0.2) is 29.6 Å². The number of amides is 1. The minimum atomic E-state index is -0.891. The Kier molecular flexibility index (Phi) is 7.06. The van der Waals surface area contributed by atoms with Gasteiger partial charge in [-0.15, -0.1) is 11.3 Å². The van der Waals surface area contributed by atoms with E-state index in [4.69, 9.17) is 5.11 Å². The zero-order valence-electron chi connectivity index (χ0n) is 14.0. The Morgan fingerprint density at radius 3 is 2.68 bits per heavy atom. The third-order valence-corrected chi connectivity index (χ3v) is 4.64. The first-order valence-electron chi connectivity index (χ1n) is 8.15. The predicted molar refractivity (Wildman–Crippen MR) is 94.1 cm³/mol. The van der Waals surface area contributed by atoms with E-state index in [1.165, 1.54) is 23.5 Å². The van der Waals surface area contributed by atoms with Gasteiger partial charge in [0, 0.05) is 18.3 Å². The third-order valence-electron chi connectivity index (χ3n) is 3.74. The van der Waals surface area contributed by atoms with E-state index in [-0.39, 0.29) is 24.7 Å². The smallest absolute Gasteiger partial charge is 0.308 e. The molecule has 0 spiro atoms. The Morgan fingerprint density at radius 2 is 2.04 bits per heavy atom. The fourth-order valence-corrected chi connectivity index (χ4v) is 3.24. The van der Waals surface area contributed by atoms with Crippen LogP contribution in [0.3, 0.4) is 0 Å². The van der Waals surface area contributed by atoms with Crippen molar-refractivity contribution in [1.29, 1.82) is 0 Å². The van der Waals surface area contributed by atoms with Crippen LogP contribution in [0.1, 0.15) is 36.0 Å². The number of carbonyl (C=O) groups is 2. The van der Waals surface area contributed by atoms with Crippen LogP contribution in [-0.2, 0) is 22.4 Å². The summed E-state index contributed by atoms with van der Waals surface area (Å²) in [5, 5.41) is 14.4. The van der Waals surface area contributed by atoms with Gasteiger partial charge in [0.05, 0.1) is 23.0 Å². The highest BCUT2D eigenvalue weighted by atomic mass is 32.1. The number of thiazole rings is 1. The lowest BCUT2D eigenvalue weighted by Crippen LogP contribution is -2.33. The van der Waals surface area contributed by atoms with E-state index < -0.39 is 11.9 Å². The van der Waals surface area contributed by atoms with Crippen molar-refractivity contribution in [3.8, 4) is 0 Å². The maximum atomic E-state index is 12.9.